The molecule has 0 radical (unpaired) electrons. The second-order valence-electron chi connectivity index (χ2n) is 8.71. The van der Waals surface area contributed by atoms with Gasteiger partial charge in [-0.3, -0.25) is 14.5 Å². The molecule has 0 aliphatic carbocycles. The van der Waals surface area contributed by atoms with Crippen LogP contribution in [0.15, 0.2) is 0 Å². The van der Waals surface area contributed by atoms with Crippen molar-refractivity contribution >= 4 is 17.8 Å². The first-order valence-electron chi connectivity index (χ1n) is 12.2. The molecule has 0 bridgehead atoms. The molecule has 8 N–H and O–H groups in total. The summed E-state index contributed by atoms with van der Waals surface area (Å²) in [7, 11) is 0. The minimum absolute atomic E-state index is 0. The molecule has 33 heavy (non-hydrogen) atoms. The Bertz CT molecular complexity index is 559. The molecular formula is C23H47N4NaO5. The summed E-state index contributed by atoms with van der Waals surface area (Å²) in [5.74, 6) is -3.10. The smallest absolute Gasteiger partial charge is 1.00 e. The number of carboxylic acid groups (broad SMARTS) is 2. The summed E-state index contributed by atoms with van der Waals surface area (Å²) in [5, 5.41) is 19.7. The van der Waals surface area contributed by atoms with E-state index in [-0.39, 0.29) is 56.8 Å². The van der Waals surface area contributed by atoms with Crippen LogP contribution in [0, 0.1) is 0 Å². The van der Waals surface area contributed by atoms with E-state index in [4.69, 9.17) is 17.2 Å². The summed E-state index contributed by atoms with van der Waals surface area (Å²) in [5.41, 5.74) is 15.2. The number of carboxylic acids is 2. The number of aliphatic carboxylic acids is 2. The number of hydrogen-bond donors (Lipinski definition) is 5. The number of hydrogen-bond acceptors (Lipinski definition) is 6. The van der Waals surface area contributed by atoms with Gasteiger partial charge in [-0.15, -0.1) is 0 Å². The molecule has 0 aliphatic rings. The van der Waals surface area contributed by atoms with Crippen LogP contribution in [-0.4, -0.2) is 57.8 Å². The molecule has 0 aliphatic heterocycles. The average molecular weight is 483 g/mol. The maximum absolute atomic E-state index is 12.1. The Labute approximate surface area is 223 Å². The zero-order chi connectivity index (χ0) is 24.4. The fourth-order valence-corrected chi connectivity index (χ4v) is 4.01. The number of rotatable bonds is 22. The van der Waals surface area contributed by atoms with Crippen LogP contribution in [0.2, 0.25) is 0 Å². The number of nitrogens with zero attached hydrogens (tertiary/aromatic N) is 1. The monoisotopic (exact) mass is 482 g/mol. The standard InChI is InChI=1S/C23H46N4O5.Na.H/c1-2-3-4-5-6-7-8-9-10-13-18-27(19(21(29)30)14-15-20(25)28)23(26,22(31)32)16-11-12-17-24;;/h19H,2-18,24,26H2,1H3,(H2,25,28)(H,29,30)(H,31,32);;/q;+1;-1/t19-,23+;;/m0../s1. The van der Waals surface area contributed by atoms with Crippen LogP contribution in [-0.2, 0) is 14.4 Å². The first-order chi connectivity index (χ1) is 15.2. The Balaban J connectivity index is -0.00000480. The van der Waals surface area contributed by atoms with Gasteiger partial charge in [-0.25, -0.2) is 4.79 Å². The van der Waals surface area contributed by atoms with E-state index < -0.39 is 29.6 Å². The number of amides is 1. The minimum atomic E-state index is -1.84. The van der Waals surface area contributed by atoms with E-state index in [0.717, 1.165) is 19.3 Å². The Morgan fingerprint density at radius 1 is 0.909 bits per heavy atom. The normalized spacial score (nSPS) is 13.8. The largest absolute Gasteiger partial charge is 1.00 e. The van der Waals surface area contributed by atoms with Gasteiger partial charge in [0.2, 0.25) is 5.91 Å². The van der Waals surface area contributed by atoms with Gasteiger partial charge in [-0.1, -0.05) is 64.7 Å². The van der Waals surface area contributed by atoms with Crippen LogP contribution >= 0.6 is 0 Å². The molecule has 9 nitrogen and oxygen atoms in total. The molecule has 0 unspecified atom stereocenters. The van der Waals surface area contributed by atoms with Crippen LogP contribution in [0.5, 0.6) is 0 Å². The molecule has 0 rings (SSSR count). The van der Waals surface area contributed by atoms with Gasteiger partial charge in [-0.05, 0) is 38.6 Å². The van der Waals surface area contributed by atoms with E-state index in [9.17, 15) is 24.6 Å². The van der Waals surface area contributed by atoms with Crippen molar-refractivity contribution < 1.29 is 55.6 Å². The van der Waals surface area contributed by atoms with Crippen LogP contribution in [0.1, 0.15) is 105 Å². The number of nitrogens with two attached hydrogens (primary N) is 3. The maximum atomic E-state index is 12.1. The Hall–Kier alpha value is -0.710. The van der Waals surface area contributed by atoms with Crippen molar-refractivity contribution in [1.29, 1.82) is 0 Å². The Morgan fingerprint density at radius 2 is 1.42 bits per heavy atom. The van der Waals surface area contributed by atoms with Gasteiger partial charge in [0.05, 0.1) is 0 Å². The molecule has 190 valence electrons. The molecular weight excluding hydrogens is 435 g/mol. The van der Waals surface area contributed by atoms with E-state index >= 15 is 0 Å². The van der Waals surface area contributed by atoms with Gasteiger partial charge < -0.3 is 28.8 Å². The average Bonchev–Trinajstić information content (AvgIpc) is 2.73. The van der Waals surface area contributed by atoms with Crippen molar-refractivity contribution in [2.45, 2.75) is 115 Å². The van der Waals surface area contributed by atoms with E-state index in [2.05, 4.69) is 6.92 Å². The van der Waals surface area contributed by atoms with Crippen molar-refractivity contribution in [2.75, 3.05) is 13.1 Å². The van der Waals surface area contributed by atoms with Crippen molar-refractivity contribution in [3.8, 4) is 0 Å². The SMILES string of the molecule is CCCCCCCCCCCCN([C@@H](CCC(N)=O)C(=O)O)[C@](N)(CCCCN)C(=O)O.[H-].[Na+]. The first kappa shape index (κ1) is 34.5. The number of carbonyl (C=O) groups excluding carboxylic acids is 1. The topological polar surface area (TPSA) is 173 Å². The van der Waals surface area contributed by atoms with Gasteiger partial charge in [-0.2, -0.15) is 0 Å². The molecule has 0 aromatic rings. The van der Waals surface area contributed by atoms with Crippen LogP contribution in [0.4, 0.5) is 0 Å². The summed E-state index contributed by atoms with van der Waals surface area (Å²) >= 11 is 0. The van der Waals surface area contributed by atoms with Crippen molar-refractivity contribution in [1.82, 2.24) is 4.90 Å². The molecule has 0 fully saturated rings. The van der Waals surface area contributed by atoms with Gasteiger partial charge in [0, 0.05) is 13.0 Å². The van der Waals surface area contributed by atoms with E-state index in [1.165, 1.54) is 43.4 Å². The summed E-state index contributed by atoms with van der Waals surface area (Å²) < 4.78 is 0. The van der Waals surface area contributed by atoms with Gasteiger partial charge in [0.15, 0.2) is 5.66 Å². The van der Waals surface area contributed by atoms with Crippen LogP contribution < -0.4 is 46.8 Å². The molecule has 0 heterocycles. The third kappa shape index (κ3) is 15.0. The molecule has 2 atom stereocenters. The summed E-state index contributed by atoms with van der Waals surface area (Å²) in [6.45, 7) is 2.83. The molecule has 0 aromatic heterocycles. The van der Waals surface area contributed by atoms with E-state index in [0.29, 0.717) is 25.8 Å². The summed E-state index contributed by atoms with van der Waals surface area (Å²) in [6, 6.07) is -1.19. The molecule has 0 saturated heterocycles. The quantitative estimate of drug-likeness (QED) is 0.0809. The molecule has 0 aromatic carbocycles. The third-order valence-corrected chi connectivity index (χ3v) is 5.97. The summed E-state index contributed by atoms with van der Waals surface area (Å²) in [4.78, 5) is 36.7. The third-order valence-electron chi connectivity index (χ3n) is 5.97. The second-order valence-corrected chi connectivity index (χ2v) is 8.71. The van der Waals surface area contributed by atoms with Crippen molar-refractivity contribution in [3.63, 3.8) is 0 Å². The van der Waals surface area contributed by atoms with Gasteiger partial charge >= 0.3 is 41.5 Å². The van der Waals surface area contributed by atoms with Crippen LogP contribution in [0.25, 0.3) is 0 Å². The number of primary amides is 1. The van der Waals surface area contributed by atoms with Crippen LogP contribution in [0.3, 0.4) is 0 Å². The minimum Gasteiger partial charge on any atom is -1.00 e. The predicted molar refractivity (Wildman–Crippen MR) is 127 cm³/mol. The maximum Gasteiger partial charge on any atom is 1.00 e. The van der Waals surface area contributed by atoms with E-state index in [1.807, 2.05) is 0 Å². The number of unbranched alkanes of at least 4 members (excludes halogenated alkanes) is 10. The fourth-order valence-electron chi connectivity index (χ4n) is 4.01. The van der Waals surface area contributed by atoms with Crippen molar-refractivity contribution in [2.24, 2.45) is 17.2 Å². The van der Waals surface area contributed by atoms with Crippen molar-refractivity contribution in [3.05, 3.63) is 0 Å². The van der Waals surface area contributed by atoms with Gasteiger partial charge in [0.25, 0.3) is 0 Å². The zero-order valence-corrected chi connectivity index (χ0v) is 22.9. The van der Waals surface area contributed by atoms with Gasteiger partial charge in [0.1, 0.15) is 6.04 Å². The predicted octanol–water partition coefficient (Wildman–Crippen LogP) is -0.0869. The number of carbonyl (C=O) groups is 3. The van der Waals surface area contributed by atoms with E-state index in [1.54, 1.807) is 0 Å². The first-order valence-corrected chi connectivity index (χ1v) is 12.2. The summed E-state index contributed by atoms with van der Waals surface area (Å²) in [6.07, 6.45) is 12.0. The molecule has 10 heteroatoms. The molecule has 0 spiro atoms. The second kappa shape index (κ2) is 20.6. The molecule has 1 amide bonds. The molecule has 0 saturated carbocycles. The Morgan fingerprint density at radius 3 is 1.85 bits per heavy atom. The zero-order valence-electron chi connectivity index (χ0n) is 21.9. The fraction of sp³-hybridized carbons (Fsp3) is 0.870. The Kier molecular flexibility index (Phi) is 21.6.